The number of esters is 1. The van der Waals surface area contributed by atoms with Crippen molar-refractivity contribution in [1.82, 2.24) is 0 Å². The van der Waals surface area contributed by atoms with Crippen molar-refractivity contribution in [2.45, 2.75) is 41.1 Å². The molecule has 0 heterocycles. The average molecular weight is 331 g/mol. The summed E-state index contributed by atoms with van der Waals surface area (Å²) in [4.78, 5) is 12.5. The monoisotopic (exact) mass is 330 g/mol. The highest BCUT2D eigenvalue weighted by Gasteiger charge is 2.27. The van der Waals surface area contributed by atoms with E-state index in [2.05, 4.69) is 6.07 Å². The number of hydrogen-bond donors (Lipinski definition) is 0. The van der Waals surface area contributed by atoms with Crippen molar-refractivity contribution >= 4 is 41.1 Å². The Kier molecular flexibility index (Phi) is 6.59. The summed E-state index contributed by atoms with van der Waals surface area (Å²) in [5.41, 5.74) is 0. The summed E-state index contributed by atoms with van der Waals surface area (Å²) in [5.74, 6) is 0.320. The van der Waals surface area contributed by atoms with Gasteiger partial charge in [-0.25, -0.2) is 0 Å². The van der Waals surface area contributed by atoms with Gasteiger partial charge in [-0.15, -0.1) is 23.5 Å². The lowest BCUT2D eigenvalue weighted by Gasteiger charge is -2.30. The van der Waals surface area contributed by atoms with E-state index in [1.165, 1.54) is 37.7 Å². The number of hydrogen-bond acceptors (Lipinski definition) is 4. The van der Waals surface area contributed by atoms with Gasteiger partial charge in [-0.05, 0) is 31.0 Å². The van der Waals surface area contributed by atoms with Gasteiger partial charge in [0.25, 0.3) is 0 Å². The van der Waals surface area contributed by atoms with Crippen LogP contribution >= 0.6 is 35.1 Å². The summed E-state index contributed by atoms with van der Waals surface area (Å²) in [5, 5.41) is 1.85. The zero-order chi connectivity index (χ0) is 14.4. The van der Waals surface area contributed by atoms with Gasteiger partial charge in [0.15, 0.2) is 0 Å². The van der Waals surface area contributed by atoms with Crippen LogP contribution in [-0.4, -0.2) is 29.3 Å². The maximum absolute atomic E-state index is 11.3. The number of ether oxygens (including phenoxy) is 1. The molecule has 1 fully saturated rings. The minimum Gasteiger partial charge on any atom is -0.468 e. The lowest BCUT2D eigenvalue weighted by atomic mass is 10.00. The molecule has 1 aromatic carbocycles. The maximum atomic E-state index is 11.3. The second-order valence-electron chi connectivity index (χ2n) is 4.82. The highest BCUT2D eigenvalue weighted by molar-refractivity contribution is 8.04. The van der Waals surface area contributed by atoms with E-state index in [4.69, 9.17) is 16.3 Å². The highest BCUT2D eigenvalue weighted by Crippen LogP contribution is 2.39. The van der Waals surface area contributed by atoms with Crippen LogP contribution in [0.25, 0.3) is 0 Å². The number of methoxy groups -OCH3 is 1. The summed E-state index contributed by atoms with van der Waals surface area (Å²) in [6.45, 7) is 0. The van der Waals surface area contributed by atoms with Gasteiger partial charge < -0.3 is 4.74 Å². The van der Waals surface area contributed by atoms with Crippen LogP contribution in [0, 0.1) is 0 Å². The van der Waals surface area contributed by atoms with Crippen LogP contribution < -0.4 is 0 Å². The lowest BCUT2D eigenvalue weighted by Crippen LogP contribution is -2.25. The molecule has 2 unspecified atom stereocenters. The first kappa shape index (κ1) is 16.1. The smallest absolute Gasteiger partial charge is 0.315 e. The molecule has 20 heavy (non-hydrogen) atoms. The molecule has 0 aliphatic heterocycles. The zero-order valence-electron chi connectivity index (χ0n) is 11.5. The Balaban J connectivity index is 1.94. The summed E-state index contributed by atoms with van der Waals surface area (Å²) in [7, 11) is 1.45. The summed E-state index contributed by atoms with van der Waals surface area (Å²) >= 11 is 9.66. The van der Waals surface area contributed by atoms with Crippen LogP contribution in [0.15, 0.2) is 29.2 Å². The third-order valence-corrected chi connectivity index (χ3v) is 6.56. The van der Waals surface area contributed by atoms with E-state index in [1.807, 2.05) is 30.0 Å². The number of rotatable bonds is 5. The van der Waals surface area contributed by atoms with Gasteiger partial charge in [0.1, 0.15) is 0 Å². The van der Waals surface area contributed by atoms with E-state index in [1.54, 1.807) is 11.8 Å². The minimum atomic E-state index is -0.132. The van der Waals surface area contributed by atoms with E-state index in [9.17, 15) is 4.79 Å². The molecular formula is C15H19ClO2S2. The Labute approximate surface area is 134 Å². The molecule has 0 amide bonds. The normalized spacial score (nSPS) is 22.5. The zero-order valence-corrected chi connectivity index (χ0v) is 13.9. The summed E-state index contributed by atoms with van der Waals surface area (Å²) < 4.78 is 4.73. The fraction of sp³-hybridized carbons (Fsp3) is 0.533. The Hall–Kier alpha value is -0.320. The molecule has 0 aromatic heterocycles. The van der Waals surface area contributed by atoms with Gasteiger partial charge in [-0.3, -0.25) is 4.79 Å². The van der Waals surface area contributed by atoms with E-state index < -0.39 is 0 Å². The van der Waals surface area contributed by atoms with Gasteiger partial charge in [0, 0.05) is 20.4 Å². The molecule has 0 spiro atoms. The standard InChI is InChI=1S/C15H19ClO2S2/c1-18-15(17)10-19-13-7-2-3-8-14(13)20-12-6-4-5-11(16)9-12/h4-6,9,13-14H,2-3,7-8,10H2,1H3. The minimum absolute atomic E-state index is 0.132. The third kappa shape index (κ3) is 4.90. The SMILES string of the molecule is COC(=O)CSC1CCCCC1Sc1cccc(Cl)c1. The van der Waals surface area contributed by atoms with Gasteiger partial charge in [0.2, 0.25) is 0 Å². The average Bonchev–Trinajstić information content (AvgIpc) is 2.46. The van der Waals surface area contributed by atoms with Crippen LogP contribution in [0.5, 0.6) is 0 Å². The maximum Gasteiger partial charge on any atom is 0.315 e. The van der Waals surface area contributed by atoms with Crippen LogP contribution in [0.2, 0.25) is 5.02 Å². The molecule has 110 valence electrons. The Morgan fingerprint density at radius 2 is 2.10 bits per heavy atom. The number of halogens is 1. The van der Waals surface area contributed by atoms with Gasteiger partial charge in [-0.2, -0.15) is 0 Å². The van der Waals surface area contributed by atoms with Crippen molar-refractivity contribution in [2.75, 3.05) is 12.9 Å². The largest absolute Gasteiger partial charge is 0.468 e. The van der Waals surface area contributed by atoms with Crippen molar-refractivity contribution in [3.8, 4) is 0 Å². The quantitative estimate of drug-likeness (QED) is 0.734. The molecule has 2 atom stereocenters. The molecule has 1 aliphatic rings. The van der Waals surface area contributed by atoms with Crippen molar-refractivity contribution in [3.63, 3.8) is 0 Å². The molecule has 1 aliphatic carbocycles. The van der Waals surface area contributed by atoms with Gasteiger partial charge >= 0.3 is 5.97 Å². The topological polar surface area (TPSA) is 26.3 Å². The molecular weight excluding hydrogens is 312 g/mol. The number of carbonyl (C=O) groups excluding carboxylic acids is 1. The Morgan fingerprint density at radius 1 is 1.35 bits per heavy atom. The molecule has 2 nitrogen and oxygen atoms in total. The fourth-order valence-corrected chi connectivity index (χ4v) is 5.42. The van der Waals surface area contributed by atoms with Crippen LogP contribution in [0.1, 0.15) is 25.7 Å². The lowest BCUT2D eigenvalue weighted by molar-refractivity contribution is -0.137. The first-order valence-electron chi connectivity index (χ1n) is 6.79. The molecule has 1 aromatic rings. The van der Waals surface area contributed by atoms with Crippen LogP contribution in [-0.2, 0) is 9.53 Å². The van der Waals surface area contributed by atoms with Crippen molar-refractivity contribution in [2.24, 2.45) is 0 Å². The summed E-state index contributed by atoms with van der Waals surface area (Å²) in [6, 6.07) is 8.01. The Bertz CT molecular complexity index is 453. The molecule has 1 saturated carbocycles. The first-order chi connectivity index (χ1) is 9.69. The molecule has 0 saturated heterocycles. The molecule has 0 radical (unpaired) electrons. The number of carbonyl (C=O) groups is 1. The highest BCUT2D eigenvalue weighted by atomic mass is 35.5. The van der Waals surface area contributed by atoms with E-state index >= 15 is 0 Å². The molecule has 5 heteroatoms. The third-order valence-electron chi connectivity index (χ3n) is 3.37. The van der Waals surface area contributed by atoms with E-state index in [-0.39, 0.29) is 5.97 Å². The van der Waals surface area contributed by atoms with Crippen molar-refractivity contribution in [1.29, 1.82) is 0 Å². The van der Waals surface area contributed by atoms with Crippen molar-refractivity contribution < 1.29 is 9.53 Å². The predicted octanol–water partition coefficient (Wildman–Crippen LogP) is 4.65. The van der Waals surface area contributed by atoms with Gasteiger partial charge in [-0.1, -0.05) is 30.5 Å². The molecule has 0 bridgehead atoms. The van der Waals surface area contributed by atoms with Crippen molar-refractivity contribution in [3.05, 3.63) is 29.3 Å². The number of thioether (sulfide) groups is 2. The Morgan fingerprint density at radius 3 is 2.80 bits per heavy atom. The van der Waals surface area contributed by atoms with E-state index in [0.29, 0.717) is 16.3 Å². The first-order valence-corrected chi connectivity index (χ1v) is 9.10. The number of benzene rings is 1. The van der Waals surface area contributed by atoms with Crippen LogP contribution in [0.4, 0.5) is 0 Å². The second-order valence-corrected chi connectivity index (χ2v) is 7.80. The molecule has 2 rings (SSSR count). The second kappa shape index (κ2) is 8.20. The molecule has 0 N–H and O–H groups in total. The fourth-order valence-electron chi connectivity index (χ4n) is 2.34. The summed E-state index contributed by atoms with van der Waals surface area (Å²) in [6.07, 6.45) is 4.91. The van der Waals surface area contributed by atoms with E-state index in [0.717, 1.165) is 5.02 Å². The van der Waals surface area contributed by atoms with Crippen LogP contribution in [0.3, 0.4) is 0 Å². The van der Waals surface area contributed by atoms with Gasteiger partial charge in [0.05, 0.1) is 12.9 Å². The predicted molar refractivity (Wildman–Crippen MR) is 87.8 cm³/mol.